The van der Waals surface area contributed by atoms with Crippen molar-refractivity contribution in [1.82, 2.24) is 14.8 Å². The van der Waals surface area contributed by atoms with E-state index in [0.717, 1.165) is 24.2 Å². The molecule has 0 bridgehead atoms. The molecule has 1 aliphatic carbocycles. The van der Waals surface area contributed by atoms with E-state index in [1.54, 1.807) is 6.07 Å². The van der Waals surface area contributed by atoms with Crippen LogP contribution >= 0.6 is 11.8 Å². The van der Waals surface area contributed by atoms with Crippen LogP contribution in [0.3, 0.4) is 0 Å². The molecule has 0 aliphatic heterocycles. The number of halogens is 1. The summed E-state index contributed by atoms with van der Waals surface area (Å²) in [5.74, 6) is -0.427. The molecule has 0 radical (unpaired) electrons. The van der Waals surface area contributed by atoms with Crippen molar-refractivity contribution in [3.63, 3.8) is 0 Å². The molecule has 1 heterocycles. The summed E-state index contributed by atoms with van der Waals surface area (Å²) in [6, 6.07) is 6.75. The van der Waals surface area contributed by atoms with Gasteiger partial charge < -0.3 is 9.67 Å². The fourth-order valence-electron chi connectivity index (χ4n) is 2.18. The predicted octanol–water partition coefficient (Wildman–Crippen LogP) is 2.52. The van der Waals surface area contributed by atoms with Crippen LogP contribution in [0.15, 0.2) is 29.4 Å². The van der Waals surface area contributed by atoms with Gasteiger partial charge in [0.05, 0.1) is 5.75 Å². The fraction of sp³-hybridized carbons (Fsp3) is 0.357. The topological polar surface area (TPSA) is 68.0 Å². The third kappa shape index (κ3) is 3.41. The molecule has 110 valence electrons. The average Bonchev–Trinajstić information content (AvgIpc) is 3.19. The Bertz CT molecular complexity index is 670. The first-order valence-electron chi connectivity index (χ1n) is 6.66. The quantitative estimate of drug-likeness (QED) is 0.831. The summed E-state index contributed by atoms with van der Waals surface area (Å²) in [6.45, 7) is 0. The summed E-state index contributed by atoms with van der Waals surface area (Å²) in [7, 11) is 0. The Kier molecular flexibility index (Phi) is 3.92. The number of nitrogens with zero attached hydrogens (tertiary/aromatic N) is 3. The first-order chi connectivity index (χ1) is 10.1. The maximum atomic E-state index is 13.2. The highest BCUT2D eigenvalue weighted by Gasteiger charge is 2.29. The lowest BCUT2D eigenvalue weighted by atomic mass is 10.1. The van der Waals surface area contributed by atoms with Crippen LogP contribution < -0.4 is 0 Å². The number of carboxylic acids is 1. The lowest BCUT2D eigenvalue weighted by Gasteiger charge is -2.08. The van der Waals surface area contributed by atoms with Gasteiger partial charge in [0.15, 0.2) is 5.16 Å². The normalized spacial score (nSPS) is 14.3. The summed E-state index contributed by atoms with van der Waals surface area (Å²) in [5, 5.41) is 17.6. The van der Waals surface area contributed by atoms with Gasteiger partial charge in [0.25, 0.3) is 0 Å². The summed E-state index contributed by atoms with van der Waals surface area (Å²) in [4.78, 5) is 10.7. The van der Waals surface area contributed by atoms with Gasteiger partial charge in [-0.15, -0.1) is 10.2 Å². The van der Waals surface area contributed by atoms with Gasteiger partial charge in [-0.05, 0) is 30.5 Å². The molecule has 1 aromatic heterocycles. The van der Waals surface area contributed by atoms with Crippen LogP contribution in [0.4, 0.5) is 4.39 Å². The van der Waals surface area contributed by atoms with Crippen LogP contribution in [0.25, 0.3) is 0 Å². The van der Waals surface area contributed by atoms with E-state index < -0.39 is 5.97 Å². The zero-order valence-electron chi connectivity index (χ0n) is 11.2. The second kappa shape index (κ2) is 5.85. The fourth-order valence-corrected chi connectivity index (χ4v) is 2.93. The number of thioether (sulfide) groups is 1. The Labute approximate surface area is 125 Å². The van der Waals surface area contributed by atoms with Crippen molar-refractivity contribution in [2.24, 2.45) is 0 Å². The van der Waals surface area contributed by atoms with Gasteiger partial charge in [-0.2, -0.15) is 0 Å². The van der Waals surface area contributed by atoms with Crippen molar-refractivity contribution in [2.75, 3.05) is 5.75 Å². The minimum atomic E-state index is -0.878. The lowest BCUT2D eigenvalue weighted by molar-refractivity contribution is -0.133. The van der Waals surface area contributed by atoms with Crippen molar-refractivity contribution >= 4 is 17.7 Å². The minimum Gasteiger partial charge on any atom is -0.481 e. The van der Waals surface area contributed by atoms with E-state index in [1.165, 1.54) is 23.9 Å². The number of aromatic nitrogens is 3. The van der Waals surface area contributed by atoms with E-state index in [4.69, 9.17) is 5.11 Å². The summed E-state index contributed by atoms with van der Waals surface area (Å²) < 4.78 is 15.2. The highest BCUT2D eigenvalue weighted by Crippen LogP contribution is 2.39. The maximum Gasteiger partial charge on any atom is 0.313 e. The van der Waals surface area contributed by atoms with Crippen molar-refractivity contribution in [1.29, 1.82) is 0 Å². The van der Waals surface area contributed by atoms with Crippen molar-refractivity contribution < 1.29 is 14.3 Å². The molecule has 1 aromatic carbocycles. The number of benzene rings is 1. The molecule has 0 atom stereocenters. The van der Waals surface area contributed by atoms with Gasteiger partial charge in [0.2, 0.25) is 0 Å². The molecule has 0 spiro atoms. The molecular weight excluding hydrogens is 293 g/mol. The monoisotopic (exact) mass is 307 g/mol. The molecule has 1 fully saturated rings. The first-order valence-corrected chi connectivity index (χ1v) is 7.65. The van der Waals surface area contributed by atoms with Gasteiger partial charge in [-0.1, -0.05) is 23.9 Å². The van der Waals surface area contributed by atoms with Crippen molar-refractivity contribution in [3.05, 3.63) is 41.5 Å². The molecule has 1 saturated carbocycles. The zero-order chi connectivity index (χ0) is 14.8. The number of hydrogen-bond acceptors (Lipinski definition) is 4. The summed E-state index contributed by atoms with van der Waals surface area (Å²) in [6.07, 6.45) is 2.60. The Morgan fingerprint density at radius 3 is 2.90 bits per heavy atom. The number of aliphatic carboxylic acids is 1. The van der Waals surface area contributed by atoms with Crippen LogP contribution in [0.5, 0.6) is 0 Å². The first kappa shape index (κ1) is 14.1. The Morgan fingerprint density at radius 2 is 2.24 bits per heavy atom. The van der Waals surface area contributed by atoms with Crippen molar-refractivity contribution in [3.8, 4) is 0 Å². The van der Waals surface area contributed by atoms with Gasteiger partial charge in [0.1, 0.15) is 11.6 Å². The van der Waals surface area contributed by atoms with Crippen LogP contribution in [0, 0.1) is 5.82 Å². The molecule has 21 heavy (non-hydrogen) atoms. The smallest absolute Gasteiger partial charge is 0.313 e. The highest BCUT2D eigenvalue weighted by atomic mass is 32.2. The molecule has 3 rings (SSSR count). The lowest BCUT2D eigenvalue weighted by Crippen LogP contribution is -2.06. The van der Waals surface area contributed by atoms with Crippen LogP contribution in [0.2, 0.25) is 0 Å². The van der Waals surface area contributed by atoms with Gasteiger partial charge >= 0.3 is 5.97 Å². The second-order valence-electron chi connectivity index (χ2n) is 4.99. The van der Waals surface area contributed by atoms with Crippen molar-refractivity contribution in [2.45, 2.75) is 30.5 Å². The third-order valence-electron chi connectivity index (χ3n) is 3.22. The van der Waals surface area contributed by atoms with E-state index >= 15 is 0 Å². The van der Waals surface area contributed by atoms with Crippen LogP contribution in [-0.2, 0) is 11.2 Å². The standard InChI is InChI=1S/C14H14FN3O2S/c15-10-3-1-2-9(6-10)7-12-16-17-14(21-8-13(19)20)18(12)11-4-5-11/h1-3,6,11H,4-5,7-8H2,(H,19,20). The zero-order valence-corrected chi connectivity index (χ0v) is 12.0. The van der Waals surface area contributed by atoms with E-state index in [9.17, 15) is 9.18 Å². The Balaban J connectivity index is 1.83. The highest BCUT2D eigenvalue weighted by molar-refractivity contribution is 7.99. The van der Waals surface area contributed by atoms with E-state index in [-0.39, 0.29) is 11.6 Å². The number of rotatable bonds is 6. The second-order valence-corrected chi connectivity index (χ2v) is 5.93. The summed E-state index contributed by atoms with van der Waals surface area (Å²) >= 11 is 1.17. The Morgan fingerprint density at radius 1 is 1.43 bits per heavy atom. The maximum absolute atomic E-state index is 13.2. The number of carbonyl (C=O) groups is 1. The number of carboxylic acid groups (broad SMARTS) is 1. The molecule has 0 saturated heterocycles. The molecule has 2 aromatic rings. The molecule has 0 amide bonds. The average molecular weight is 307 g/mol. The predicted molar refractivity (Wildman–Crippen MR) is 75.9 cm³/mol. The minimum absolute atomic E-state index is 0.0369. The molecule has 0 unspecified atom stereocenters. The van der Waals surface area contributed by atoms with E-state index in [0.29, 0.717) is 17.6 Å². The molecular formula is C14H14FN3O2S. The molecule has 7 heteroatoms. The number of hydrogen-bond donors (Lipinski definition) is 1. The summed E-state index contributed by atoms with van der Waals surface area (Å²) in [5.41, 5.74) is 0.832. The van der Waals surface area contributed by atoms with Gasteiger partial charge in [-0.3, -0.25) is 4.79 Å². The van der Waals surface area contributed by atoms with Crippen LogP contribution in [0.1, 0.15) is 30.3 Å². The Hall–Kier alpha value is -1.89. The molecule has 1 N–H and O–H groups in total. The van der Waals surface area contributed by atoms with Crippen LogP contribution in [-0.4, -0.2) is 31.6 Å². The largest absolute Gasteiger partial charge is 0.481 e. The SMILES string of the molecule is O=C(O)CSc1nnc(Cc2cccc(F)c2)n1C1CC1. The third-order valence-corrected chi connectivity index (χ3v) is 4.15. The van der Waals surface area contributed by atoms with Gasteiger partial charge in [-0.25, -0.2) is 4.39 Å². The van der Waals surface area contributed by atoms with E-state index in [1.807, 2.05) is 10.6 Å². The molecule has 5 nitrogen and oxygen atoms in total. The molecule has 1 aliphatic rings. The van der Waals surface area contributed by atoms with Gasteiger partial charge in [0, 0.05) is 12.5 Å². The van der Waals surface area contributed by atoms with E-state index in [2.05, 4.69) is 10.2 Å².